The highest BCUT2D eigenvalue weighted by Crippen LogP contribution is 2.32. The molecule has 110 valence electrons. The molecule has 2 N–H and O–H groups in total. The Morgan fingerprint density at radius 1 is 1.19 bits per heavy atom. The Balaban J connectivity index is 1.81. The van der Waals surface area contributed by atoms with Crippen molar-refractivity contribution in [3.8, 4) is 0 Å². The molecule has 1 heterocycles. The summed E-state index contributed by atoms with van der Waals surface area (Å²) in [4.78, 5) is 11.2. The first-order valence-electron chi connectivity index (χ1n) is 7.68. The molecule has 0 atom stereocenters. The lowest BCUT2D eigenvalue weighted by Gasteiger charge is -2.24. The molecule has 0 bridgehead atoms. The summed E-state index contributed by atoms with van der Waals surface area (Å²) in [6.45, 7) is 3.06. The van der Waals surface area contributed by atoms with Crippen molar-refractivity contribution in [3.05, 3.63) is 47.9 Å². The van der Waals surface area contributed by atoms with Crippen molar-refractivity contribution in [2.75, 3.05) is 10.6 Å². The van der Waals surface area contributed by atoms with Gasteiger partial charge in [-0.3, -0.25) is 0 Å². The van der Waals surface area contributed by atoms with Crippen LogP contribution in [0.3, 0.4) is 0 Å². The van der Waals surface area contributed by atoms with Crippen molar-refractivity contribution in [2.24, 2.45) is 0 Å². The van der Waals surface area contributed by atoms with Gasteiger partial charge < -0.3 is 10.6 Å². The fraction of sp³-hybridized carbons (Fsp3) is 0.412. The second kappa shape index (κ2) is 6.12. The van der Waals surface area contributed by atoms with Gasteiger partial charge in [0.25, 0.3) is 0 Å². The fourth-order valence-corrected chi connectivity index (χ4v) is 2.54. The van der Waals surface area contributed by atoms with Gasteiger partial charge in [-0.15, -0.1) is 0 Å². The number of anilines is 2. The normalized spacial score (nSPS) is 14.1. The van der Waals surface area contributed by atoms with Crippen molar-refractivity contribution in [1.82, 2.24) is 9.97 Å². The van der Waals surface area contributed by atoms with Gasteiger partial charge in [0, 0.05) is 30.0 Å². The maximum atomic E-state index is 5.76. The Labute approximate surface area is 126 Å². The van der Waals surface area contributed by atoms with Crippen molar-refractivity contribution >= 4 is 11.5 Å². The van der Waals surface area contributed by atoms with E-state index in [1.807, 2.05) is 12.1 Å². The standard InChI is InChI=1S/C17H22N4/c1-2-3-15-10-17(20-12-19-15)21(16-8-9-16)11-13-4-6-14(18)7-5-13/h4-7,10,12,16H,2-3,8-9,11,18H2,1H3. The number of aryl methyl sites for hydroxylation is 1. The fourth-order valence-electron chi connectivity index (χ4n) is 2.54. The highest BCUT2D eigenvalue weighted by molar-refractivity contribution is 5.45. The topological polar surface area (TPSA) is 55.0 Å². The van der Waals surface area contributed by atoms with Gasteiger partial charge in [-0.1, -0.05) is 25.5 Å². The average molecular weight is 282 g/mol. The maximum Gasteiger partial charge on any atom is 0.132 e. The number of benzene rings is 1. The maximum absolute atomic E-state index is 5.76. The molecule has 3 rings (SSSR count). The number of nitrogens with zero attached hydrogens (tertiary/aromatic N) is 3. The Kier molecular flexibility index (Phi) is 4.04. The summed E-state index contributed by atoms with van der Waals surface area (Å²) in [6, 6.07) is 10.9. The lowest BCUT2D eigenvalue weighted by Crippen LogP contribution is -2.26. The molecule has 2 aromatic rings. The second-order valence-electron chi connectivity index (χ2n) is 5.72. The Bertz CT molecular complexity index is 590. The van der Waals surface area contributed by atoms with E-state index < -0.39 is 0 Å². The van der Waals surface area contributed by atoms with E-state index >= 15 is 0 Å². The van der Waals surface area contributed by atoms with Crippen molar-refractivity contribution in [3.63, 3.8) is 0 Å². The van der Waals surface area contributed by atoms with E-state index in [1.165, 1.54) is 18.4 Å². The molecule has 4 nitrogen and oxygen atoms in total. The zero-order valence-corrected chi connectivity index (χ0v) is 12.5. The average Bonchev–Trinajstić information content (AvgIpc) is 3.32. The predicted molar refractivity (Wildman–Crippen MR) is 86.1 cm³/mol. The van der Waals surface area contributed by atoms with Crippen LogP contribution in [-0.4, -0.2) is 16.0 Å². The van der Waals surface area contributed by atoms with Crippen molar-refractivity contribution in [2.45, 2.75) is 45.2 Å². The highest BCUT2D eigenvalue weighted by Gasteiger charge is 2.30. The summed E-state index contributed by atoms with van der Waals surface area (Å²) in [6.07, 6.45) is 6.32. The third-order valence-corrected chi connectivity index (χ3v) is 3.83. The molecule has 4 heteroatoms. The van der Waals surface area contributed by atoms with Gasteiger partial charge in [0.1, 0.15) is 12.1 Å². The van der Waals surface area contributed by atoms with E-state index in [0.29, 0.717) is 6.04 Å². The first-order valence-corrected chi connectivity index (χ1v) is 7.68. The molecular formula is C17H22N4. The number of hydrogen-bond acceptors (Lipinski definition) is 4. The summed E-state index contributed by atoms with van der Waals surface area (Å²) >= 11 is 0. The summed E-state index contributed by atoms with van der Waals surface area (Å²) in [5, 5.41) is 0. The van der Waals surface area contributed by atoms with Crippen LogP contribution in [0.15, 0.2) is 36.7 Å². The largest absolute Gasteiger partial charge is 0.399 e. The zero-order valence-electron chi connectivity index (χ0n) is 12.5. The number of hydrogen-bond donors (Lipinski definition) is 1. The van der Waals surface area contributed by atoms with Crippen molar-refractivity contribution < 1.29 is 0 Å². The Morgan fingerprint density at radius 3 is 2.62 bits per heavy atom. The minimum Gasteiger partial charge on any atom is -0.399 e. The molecule has 1 fully saturated rings. The molecule has 0 aliphatic heterocycles. The third-order valence-electron chi connectivity index (χ3n) is 3.83. The van der Waals surface area contributed by atoms with Crippen LogP contribution in [0.4, 0.5) is 11.5 Å². The number of rotatable bonds is 6. The van der Waals surface area contributed by atoms with E-state index in [9.17, 15) is 0 Å². The molecule has 1 aliphatic rings. The zero-order chi connectivity index (χ0) is 14.7. The lowest BCUT2D eigenvalue weighted by molar-refractivity contribution is 0.768. The molecule has 0 saturated heterocycles. The lowest BCUT2D eigenvalue weighted by atomic mass is 10.2. The van der Waals surface area contributed by atoms with E-state index in [2.05, 4.69) is 40.0 Å². The van der Waals surface area contributed by atoms with Gasteiger partial charge in [0.05, 0.1) is 0 Å². The molecule has 1 saturated carbocycles. The molecule has 21 heavy (non-hydrogen) atoms. The second-order valence-corrected chi connectivity index (χ2v) is 5.72. The van der Waals surface area contributed by atoms with E-state index in [4.69, 9.17) is 5.73 Å². The molecule has 0 spiro atoms. The summed E-state index contributed by atoms with van der Waals surface area (Å²) < 4.78 is 0. The van der Waals surface area contributed by atoms with Crippen LogP contribution in [0.25, 0.3) is 0 Å². The third kappa shape index (κ3) is 3.51. The smallest absolute Gasteiger partial charge is 0.132 e. The molecular weight excluding hydrogens is 260 g/mol. The van der Waals surface area contributed by atoms with Crippen LogP contribution in [0.2, 0.25) is 0 Å². The number of nitrogens with two attached hydrogens (primary N) is 1. The molecule has 1 aromatic carbocycles. The molecule has 0 radical (unpaired) electrons. The van der Waals surface area contributed by atoms with Crippen LogP contribution >= 0.6 is 0 Å². The van der Waals surface area contributed by atoms with E-state index in [1.54, 1.807) is 6.33 Å². The van der Waals surface area contributed by atoms with Gasteiger partial charge in [0.15, 0.2) is 0 Å². The van der Waals surface area contributed by atoms with Crippen molar-refractivity contribution in [1.29, 1.82) is 0 Å². The van der Waals surface area contributed by atoms with E-state index in [-0.39, 0.29) is 0 Å². The number of aromatic nitrogens is 2. The predicted octanol–water partition coefficient (Wildman–Crippen LogP) is 3.18. The van der Waals surface area contributed by atoms with Crippen LogP contribution in [0.1, 0.15) is 37.4 Å². The Morgan fingerprint density at radius 2 is 1.95 bits per heavy atom. The van der Waals surface area contributed by atoms with Crippen LogP contribution in [-0.2, 0) is 13.0 Å². The van der Waals surface area contributed by atoms with Crippen LogP contribution < -0.4 is 10.6 Å². The molecule has 1 aliphatic carbocycles. The monoisotopic (exact) mass is 282 g/mol. The summed E-state index contributed by atoms with van der Waals surface area (Å²) in [5.74, 6) is 1.05. The minimum atomic E-state index is 0.618. The van der Waals surface area contributed by atoms with Gasteiger partial charge in [-0.25, -0.2) is 9.97 Å². The molecule has 0 unspecified atom stereocenters. The summed E-state index contributed by atoms with van der Waals surface area (Å²) in [7, 11) is 0. The molecule has 1 aromatic heterocycles. The van der Waals surface area contributed by atoms with Crippen LogP contribution in [0.5, 0.6) is 0 Å². The van der Waals surface area contributed by atoms with E-state index in [0.717, 1.165) is 36.6 Å². The quantitative estimate of drug-likeness (QED) is 0.827. The van der Waals surface area contributed by atoms with Crippen LogP contribution in [0, 0.1) is 0 Å². The first kappa shape index (κ1) is 13.9. The van der Waals surface area contributed by atoms with Gasteiger partial charge in [-0.2, -0.15) is 0 Å². The molecule has 0 amide bonds. The van der Waals surface area contributed by atoms with Gasteiger partial charge in [-0.05, 0) is 37.0 Å². The minimum absolute atomic E-state index is 0.618. The SMILES string of the molecule is CCCc1cc(N(Cc2ccc(N)cc2)C2CC2)ncn1. The Hall–Kier alpha value is -2.10. The highest BCUT2D eigenvalue weighted by atomic mass is 15.2. The van der Waals surface area contributed by atoms with Gasteiger partial charge >= 0.3 is 0 Å². The van der Waals surface area contributed by atoms with Gasteiger partial charge in [0.2, 0.25) is 0 Å². The summed E-state index contributed by atoms with van der Waals surface area (Å²) in [5.41, 5.74) is 8.97. The number of nitrogen functional groups attached to an aromatic ring is 1. The first-order chi connectivity index (χ1) is 10.3.